The lowest BCUT2D eigenvalue weighted by molar-refractivity contribution is -0.122. The predicted octanol–water partition coefficient (Wildman–Crippen LogP) is 4.90. The van der Waals surface area contributed by atoms with E-state index in [0.29, 0.717) is 22.9 Å². The van der Waals surface area contributed by atoms with Gasteiger partial charge >= 0.3 is 5.97 Å². The van der Waals surface area contributed by atoms with Crippen molar-refractivity contribution in [1.82, 2.24) is 0 Å². The summed E-state index contributed by atoms with van der Waals surface area (Å²) in [7, 11) is 2.98. The molecular formula is C35H28N2O7. The second-order valence-electron chi connectivity index (χ2n) is 11.0. The second-order valence-corrected chi connectivity index (χ2v) is 11.0. The van der Waals surface area contributed by atoms with E-state index in [1.54, 1.807) is 30.3 Å². The lowest BCUT2D eigenvalue weighted by Gasteiger charge is -2.45. The Bertz CT molecular complexity index is 1740. The summed E-state index contributed by atoms with van der Waals surface area (Å²) in [4.78, 5) is 54.8. The molecule has 9 heteroatoms. The quantitative estimate of drug-likeness (QED) is 0.242. The Morgan fingerprint density at radius 2 is 1.32 bits per heavy atom. The zero-order valence-corrected chi connectivity index (χ0v) is 24.0. The number of methoxy groups -OCH3 is 2. The van der Waals surface area contributed by atoms with Crippen LogP contribution in [0.5, 0.6) is 11.5 Å². The molecule has 3 aliphatic carbocycles. The minimum atomic E-state index is -0.764. The predicted molar refractivity (Wildman–Crippen MR) is 161 cm³/mol. The molecule has 220 valence electrons. The van der Waals surface area contributed by atoms with Crippen LogP contribution in [0.25, 0.3) is 0 Å². The normalized spacial score (nSPS) is 20.8. The number of carbonyl (C=O) groups excluding carboxylic acids is 4. The van der Waals surface area contributed by atoms with Gasteiger partial charge in [0.2, 0.25) is 11.8 Å². The number of esters is 1. The summed E-state index contributed by atoms with van der Waals surface area (Å²) >= 11 is 0. The first-order valence-corrected chi connectivity index (χ1v) is 14.3. The van der Waals surface area contributed by atoms with Crippen LogP contribution in [0.1, 0.15) is 44.4 Å². The van der Waals surface area contributed by atoms with E-state index in [2.05, 4.69) is 29.6 Å². The maximum atomic E-state index is 14.0. The first kappa shape index (κ1) is 27.4. The van der Waals surface area contributed by atoms with Crippen LogP contribution in [0.4, 0.5) is 11.4 Å². The molecule has 1 fully saturated rings. The molecule has 8 rings (SSSR count). The van der Waals surface area contributed by atoms with Crippen molar-refractivity contribution in [2.75, 3.05) is 31.0 Å². The van der Waals surface area contributed by atoms with Crippen molar-refractivity contribution in [3.8, 4) is 11.5 Å². The van der Waals surface area contributed by atoms with Crippen molar-refractivity contribution in [2.24, 2.45) is 11.8 Å². The molecule has 2 bridgehead atoms. The molecule has 9 nitrogen and oxygen atoms in total. The number of hydrogen-bond acceptors (Lipinski definition) is 7. The van der Waals surface area contributed by atoms with Crippen LogP contribution >= 0.6 is 0 Å². The number of benzene rings is 4. The Morgan fingerprint density at radius 1 is 0.727 bits per heavy atom. The van der Waals surface area contributed by atoms with Crippen LogP contribution in [-0.4, -0.2) is 44.5 Å². The van der Waals surface area contributed by atoms with Crippen LogP contribution in [0.2, 0.25) is 0 Å². The molecule has 1 heterocycles. The van der Waals surface area contributed by atoms with Crippen molar-refractivity contribution >= 4 is 35.1 Å². The van der Waals surface area contributed by atoms with Gasteiger partial charge in [-0.25, -0.2) is 9.69 Å². The molecule has 1 saturated heterocycles. The number of nitrogens with zero attached hydrogens (tertiary/aromatic N) is 1. The number of nitrogens with one attached hydrogen (secondary N) is 1. The SMILES string of the molecule is COc1ccc(NC(=O)COC(=O)c2cccc(N3C(=O)[C@@H]4C5c6ccccc6C(c6ccccc65)[C@@H]4C3=O)c2)c(OC)c1. The third-order valence-corrected chi connectivity index (χ3v) is 8.81. The fourth-order valence-electron chi connectivity index (χ4n) is 7.01. The highest BCUT2D eigenvalue weighted by atomic mass is 16.5. The average Bonchev–Trinajstić information content (AvgIpc) is 3.33. The number of amides is 3. The number of rotatable bonds is 7. The Balaban J connectivity index is 1.10. The lowest BCUT2D eigenvalue weighted by atomic mass is 9.55. The van der Waals surface area contributed by atoms with Gasteiger partial charge in [-0.15, -0.1) is 0 Å². The standard InChI is InChI=1S/C35H28N2O7/c1-42-21-14-15-26(27(17-21)43-2)36-28(38)18-44-35(41)19-8-7-9-20(16-19)37-33(39)31-29-22-10-3-4-11-23(22)30(32(31)34(37)40)25-13-6-5-12-24(25)29/h3-17,29-32H,18H2,1-2H3,(H,36,38)/t29?,30?,31-,32+. The van der Waals surface area contributed by atoms with Gasteiger partial charge in [0.15, 0.2) is 6.61 Å². The van der Waals surface area contributed by atoms with Gasteiger partial charge in [0, 0.05) is 17.9 Å². The van der Waals surface area contributed by atoms with E-state index < -0.39 is 30.3 Å². The minimum Gasteiger partial charge on any atom is -0.497 e. The molecule has 3 amide bonds. The molecule has 2 atom stereocenters. The van der Waals surface area contributed by atoms with E-state index in [-0.39, 0.29) is 29.2 Å². The van der Waals surface area contributed by atoms with E-state index in [4.69, 9.17) is 14.2 Å². The van der Waals surface area contributed by atoms with Gasteiger partial charge < -0.3 is 19.5 Å². The molecule has 1 aliphatic heterocycles. The third-order valence-electron chi connectivity index (χ3n) is 8.81. The highest BCUT2D eigenvalue weighted by molar-refractivity contribution is 6.23. The van der Waals surface area contributed by atoms with Gasteiger partial charge in [-0.1, -0.05) is 54.6 Å². The van der Waals surface area contributed by atoms with Crippen LogP contribution in [0.15, 0.2) is 91.0 Å². The highest BCUT2D eigenvalue weighted by Gasteiger charge is 2.61. The number of anilines is 2. The van der Waals surface area contributed by atoms with Gasteiger partial charge in [0.25, 0.3) is 5.91 Å². The topological polar surface area (TPSA) is 111 Å². The molecule has 0 aromatic heterocycles. The monoisotopic (exact) mass is 588 g/mol. The van der Waals surface area contributed by atoms with Gasteiger partial charge in [0.05, 0.1) is 43.0 Å². The maximum Gasteiger partial charge on any atom is 0.338 e. The van der Waals surface area contributed by atoms with E-state index >= 15 is 0 Å². The summed E-state index contributed by atoms with van der Waals surface area (Å²) in [5.74, 6) is -2.47. The lowest BCUT2D eigenvalue weighted by Crippen LogP contribution is -2.41. The summed E-state index contributed by atoms with van der Waals surface area (Å²) in [5, 5.41) is 2.65. The zero-order valence-electron chi connectivity index (χ0n) is 24.0. The van der Waals surface area contributed by atoms with E-state index in [0.717, 1.165) is 22.3 Å². The Kier molecular flexibility index (Phi) is 6.65. The fourth-order valence-corrected chi connectivity index (χ4v) is 7.01. The molecular weight excluding hydrogens is 560 g/mol. The summed E-state index contributed by atoms with van der Waals surface area (Å²) in [6.45, 7) is -0.552. The third kappa shape index (κ3) is 4.23. The highest BCUT2D eigenvalue weighted by Crippen LogP contribution is 2.61. The average molecular weight is 589 g/mol. The van der Waals surface area contributed by atoms with Crippen molar-refractivity contribution in [2.45, 2.75) is 11.8 Å². The number of ether oxygens (including phenoxy) is 3. The van der Waals surface area contributed by atoms with Crippen LogP contribution in [-0.2, 0) is 19.1 Å². The molecule has 4 aliphatic rings. The second kappa shape index (κ2) is 10.7. The van der Waals surface area contributed by atoms with E-state index in [1.165, 1.54) is 31.3 Å². The Labute approximate surface area is 253 Å². The summed E-state index contributed by atoms with van der Waals surface area (Å²) < 4.78 is 15.7. The van der Waals surface area contributed by atoms with Crippen LogP contribution in [0.3, 0.4) is 0 Å². The van der Waals surface area contributed by atoms with Gasteiger partial charge in [-0.3, -0.25) is 14.4 Å². The summed E-state index contributed by atoms with van der Waals surface area (Å²) in [6, 6.07) is 27.2. The van der Waals surface area contributed by atoms with E-state index in [9.17, 15) is 19.2 Å². The maximum absolute atomic E-state index is 14.0. The molecule has 0 spiro atoms. The molecule has 4 aromatic carbocycles. The first-order chi connectivity index (χ1) is 21.4. The van der Waals surface area contributed by atoms with Crippen LogP contribution < -0.4 is 19.7 Å². The summed E-state index contributed by atoms with van der Waals surface area (Å²) in [6.07, 6.45) is 0. The van der Waals surface area contributed by atoms with Gasteiger partial charge in [-0.2, -0.15) is 0 Å². The number of hydrogen-bond donors (Lipinski definition) is 1. The van der Waals surface area contributed by atoms with Gasteiger partial charge in [-0.05, 0) is 52.6 Å². The van der Waals surface area contributed by atoms with Crippen LogP contribution in [0, 0.1) is 11.8 Å². The first-order valence-electron chi connectivity index (χ1n) is 14.3. The van der Waals surface area contributed by atoms with E-state index in [1.807, 2.05) is 24.3 Å². The largest absolute Gasteiger partial charge is 0.497 e. The molecule has 0 radical (unpaired) electrons. The molecule has 0 unspecified atom stereocenters. The van der Waals surface area contributed by atoms with Gasteiger partial charge in [0.1, 0.15) is 11.5 Å². The Hall–Kier alpha value is -5.44. The molecule has 0 saturated carbocycles. The van der Waals surface area contributed by atoms with Crippen molar-refractivity contribution in [1.29, 1.82) is 0 Å². The number of carbonyl (C=O) groups is 4. The zero-order chi connectivity index (χ0) is 30.5. The summed E-state index contributed by atoms with van der Waals surface area (Å²) in [5.41, 5.74) is 5.14. The smallest absolute Gasteiger partial charge is 0.338 e. The van der Waals surface area contributed by atoms with Crippen molar-refractivity contribution < 1.29 is 33.4 Å². The Morgan fingerprint density at radius 3 is 1.86 bits per heavy atom. The molecule has 4 aromatic rings. The van der Waals surface area contributed by atoms with Crippen molar-refractivity contribution in [3.05, 3.63) is 119 Å². The minimum absolute atomic E-state index is 0.113. The molecule has 1 N–H and O–H groups in total. The molecule has 44 heavy (non-hydrogen) atoms. The number of imide groups is 1. The fraction of sp³-hybridized carbons (Fsp3) is 0.200. The van der Waals surface area contributed by atoms with Crippen molar-refractivity contribution in [3.63, 3.8) is 0 Å².